The Bertz CT molecular complexity index is 845. The van der Waals surface area contributed by atoms with Gasteiger partial charge in [0.2, 0.25) is 0 Å². The SMILES string of the molecule is C/C=C/[C@@H](OCOC)[C@H](O)/C=C/[C@H](O[Si](C)(C)C(C)(C)C)[C@H](/C=C/CO[Si](C)(C)C(C)(C)C)O[Si](C)(C)C(C)(C)C. The van der Waals surface area contributed by atoms with Gasteiger partial charge in [-0.1, -0.05) is 98.8 Å². The lowest BCUT2D eigenvalue weighted by Crippen LogP contribution is -2.51. The maximum absolute atomic E-state index is 11.1. The quantitative estimate of drug-likeness (QED) is 0.104. The number of aliphatic hydroxyl groups is 1. The molecule has 0 heterocycles. The number of hydrogen-bond donors (Lipinski definition) is 1. The molecule has 0 radical (unpaired) electrons. The lowest BCUT2D eigenvalue weighted by molar-refractivity contribution is -0.0834. The Kier molecular flexibility index (Phi) is 15.9. The largest absolute Gasteiger partial charge is 0.413 e. The second-order valence-electron chi connectivity index (χ2n) is 15.6. The first-order valence-corrected chi connectivity index (χ1v) is 23.8. The molecule has 0 saturated carbocycles. The fourth-order valence-corrected chi connectivity index (χ4v) is 6.50. The first kappa shape index (κ1) is 40.6. The predicted molar refractivity (Wildman–Crippen MR) is 183 cm³/mol. The first-order chi connectivity index (χ1) is 18.3. The fourth-order valence-electron chi connectivity index (χ4n) is 3.07. The third-order valence-corrected chi connectivity index (χ3v) is 22.5. The van der Waals surface area contributed by atoms with E-state index in [1.54, 1.807) is 13.2 Å². The smallest absolute Gasteiger partial charge is 0.193 e. The molecule has 242 valence electrons. The molecule has 0 spiro atoms. The molecule has 0 bridgehead atoms. The van der Waals surface area contributed by atoms with Gasteiger partial charge >= 0.3 is 0 Å². The Morgan fingerprint density at radius 1 is 0.634 bits per heavy atom. The average molecular weight is 631 g/mol. The summed E-state index contributed by atoms with van der Waals surface area (Å²) in [5.74, 6) is 0. The lowest BCUT2D eigenvalue weighted by Gasteiger charge is -2.44. The van der Waals surface area contributed by atoms with E-state index in [1.165, 1.54) is 0 Å². The van der Waals surface area contributed by atoms with E-state index in [-0.39, 0.29) is 28.0 Å². The number of hydrogen-bond acceptors (Lipinski definition) is 6. The van der Waals surface area contributed by atoms with Gasteiger partial charge in [-0.05, 0) is 61.3 Å². The number of rotatable bonds is 16. The van der Waals surface area contributed by atoms with Gasteiger partial charge in [-0.15, -0.1) is 0 Å². The van der Waals surface area contributed by atoms with Crippen LogP contribution in [-0.2, 0) is 22.8 Å². The van der Waals surface area contributed by atoms with Crippen LogP contribution in [0.25, 0.3) is 0 Å². The molecule has 0 aliphatic rings. The van der Waals surface area contributed by atoms with Crippen LogP contribution in [0.15, 0.2) is 36.5 Å². The maximum Gasteiger partial charge on any atom is 0.193 e. The van der Waals surface area contributed by atoms with Crippen molar-refractivity contribution in [3.05, 3.63) is 36.5 Å². The first-order valence-electron chi connectivity index (χ1n) is 15.1. The second-order valence-corrected chi connectivity index (χ2v) is 29.9. The van der Waals surface area contributed by atoms with E-state index in [2.05, 4.69) is 114 Å². The molecule has 0 unspecified atom stereocenters. The van der Waals surface area contributed by atoms with Gasteiger partial charge in [-0.2, -0.15) is 0 Å². The van der Waals surface area contributed by atoms with Gasteiger partial charge in [0.1, 0.15) is 19.0 Å². The number of allylic oxidation sites excluding steroid dienone is 1. The maximum atomic E-state index is 11.1. The van der Waals surface area contributed by atoms with Crippen LogP contribution in [0.5, 0.6) is 0 Å². The average Bonchev–Trinajstić information content (AvgIpc) is 2.78. The van der Waals surface area contributed by atoms with Gasteiger partial charge in [0.15, 0.2) is 25.0 Å². The highest BCUT2D eigenvalue weighted by atomic mass is 28.4. The van der Waals surface area contributed by atoms with E-state index in [0.717, 1.165) is 0 Å². The molecule has 0 aromatic heterocycles. The van der Waals surface area contributed by atoms with Crippen molar-refractivity contribution >= 4 is 25.0 Å². The highest BCUT2D eigenvalue weighted by molar-refractivity contribution is 6.75. The molecule has 0 amide bonds. The van der Waals surface area contributed by atoms with Gasteiger partial charge in [-0.3, -0.25) is 0 Å². The Balaban J connectivity index is 6.60. The minimum absolute atomic E-state index is 0.00342. The van der Waals surface area contributed by atoms with E-state index in [1.807, 2.05) is 25.2 Å². The van der Waals surface area contributed by atoms with Crippen LogP contribution in [-0.4, -0.2) is 75.0 Å². The van der Waals surface area contributed by atoms with Gasteiger partial charge < -0.3 is 27.9 Å². The summed E-state index contributed by atoms with van der Waals surface area (Å²) >= 11 is 0. The molecule has 9 heteroatoms. The number of ether oxygens (including phenoxy) is 2. The summed E-state index contributed by atoms with van der Waals surface area (Å²) in [5.41, 5.74) is 0. The van der Waals surface area contributed by atoms with Gasteiger partial charge in [0.25, 0.3) is 0 Å². The van der Waals surface area contributed by atoms with Gasteiger partial charge in [0, 0.05) is 7.11 Å². The Morgan fingerprint density at radius 3 is 1.46 bits per heavy atom. The topological polar surface area (TPSA) is 66.4 Å². The van der Waals surface area contributed by atoms with E-state index >= 15 is 0 Å². The summed E-state index contributed by atoms with van der Waals surface area (Å²) < 4.78 is 31.3. The zero-order valence-electron chi connectivity index (χ0n) is 29.7. The second kappa shape index (κ2) is 16.1. The van der Waals surface area contributed by atoms with Crippen LogP contribution < -0.4 is 0 Å². The third-order valence-electron chi connectivity index (χ3n) is 9.06. The van der Waals surface area contributed by atoms with Crippen molar-refractivity contribution < 1.29 is 27.9 Å². The zero-order chi connectivity index (χ0) is 32.5. The third kappa shape index (κ3) is 13.4. The summed E-state index contributed by atoms with van der Waals surface area (Å²) in [6.07, 6.45) is 9.53. The normalized spacial score (nSPS) is 18.0. The minimum Gasteiger partial charge on any atom is -0.413 e. The molecule has 0 aliphatic carbocycles. The Labute approximate surface area is 257 Å². The van der Waals surface area contributed by atoms with Crippen molar-refractivity contribution in [3.8, 4) is 0 Å². The molecule has 4 atom stereocenters. The Hall–Kier alpha value is -0.369. The van der Waals surface area contributed by atoms with E-state index < -0.39 is 43.3 Å². The van der Waals surface area contributed by atoms with Gasteiger partial charge in [-0.25, -0.2) is 0 Å². The molecule has 41 heavy (non-hydrogen) atoms. The molecule has 0 aromatic rings. The molecule has 0 aliphatic heterocycles. The monoisotopic (exact) mass is 630 g/mol. The standard InChI is InChI=1S/C32H66O6Si3/c1-18-20-27(35-25-34-11)26(33)22-23-29(38-41(16,17)32(8,9)10)28(37-40(14,15)31(5,6)7)21-19-24-36-39(12,13)30(2,3)4/h18-23,26-29,33H,24-25H2,1-17H3/b20-18+,21-19+,23-22+/t26-,27-,28+,29+/m1/s1. The van der Waals surface area contributed by atoms with Crippen LogP contribution in [0.2, 0.25) is 54.4 Å². The van der Waals surface area contributed by atoms with E-state index in [9.17, 15) is 5.11 Å². The van der Waals surface area contributed by atoms with Crippen molar-refractivity contribution in [2.45, 2.75) is 148 Å². The zero-order valence-corrected chi connectivity index (χ0v) is 32.7. The molecule has 0 rings (SSSR count). The molecule has 0 aromatic carbocycles. The van der Waals surface area contributed by atoms with Crippen LogP contribution in [0.3, 0.4) is 0 Å². The molecule has 6 nitrogen and oxygen atoms in total. The fraction of sp³-hybridized carbons (Fsp3) is 0.812. The van der Waals surface area contributed by atoms with E-state index in [0.29, 0.717) is 6.61 Å². The summed E-state index contributed by atoms with van der Waals surface area (Å²) in [6, 6.07) is 0. The number of methoxy groups -OCH3 is 1. The van der Waals surface area contributed by atoms with E-state index in [4.69, 9.17) is 22.8 Å². The summed E-state index contributed by atoms with van der Waals surface area (Å²) in [4.78, 5) is 0. The Morgan fingerprint density at radius 2 is 1.07 bits per heavy atom. The van der Waals surface area contributed by atoms with Crippen LogP contribution in [0.4, 0.5) is 0 Å². The minimum atomic E-state index is -2.21. The van der Waals surface area contributed by atoms with Crippen molar-refractivity contribution in [2.75, 3.05) is 20.5 Å². The summed E-state index contributed by atoms with van der Waals surface area (Å²) in [6.45, 7) is 36.3. The van der Waals surface area contributed by atoms with Crippen molar-refractivity contribution in [3.63, 3.8) is 0 Å². The van der Waals surface area contributed by atoms with Crippen molar-refractivity contribution in [1.29, 1.82) is 0 Å². The van der Waals surface area contributed by atoms with Crippen LogP contribution >= 0.6 is 0 Å². The molecule has 1 N–H and O–H groups in total. The van der Waals surface area contributed by atoms with Crippen molar-refractivity contribution in [1.82, 2.24) is 0 Å². The highest BCUT2D eigenvalue weighted by Gasteiger charge is 2.44. The molecular weight excluding hydrogens is 565 g/mol. The van der Waals surface area contributed by atoms with Crippen molar-refractivity contribution in [2.24, 2.45) is 0 Å². The summed E-state index contributed by atoms with van der Waals surface area (Å²) in [7, 11) is -4.71. The van der Waals surface area contributed by atoms with Crippen LogP contribution in [0.1, 0.15) is 69.2 Å². The summed E-state index contributed by atoms with van der Waals surface area (Å²) in [5, 5.41) is 11.2. The van der Waals surface area contributed by atoms with Gasteiger partial charge in [0.05, 0.1) is 18.8 Å². The molecule has 0 saturated heterocycles. The molecule has 0 fully saturated rings. The number of aliphatic hydroxyl groups excluding tert-OH is 1. The molecular formula is C32H66O6Si3. The highest BCUT2D eigenvalue weighted by Crippen LogP contribution is 2.41. The lowest BCUT2D eigenvalue weighted by atomic mass is 10.1. The van der Waals surface area contributed by atoms with Crippen LogP contribution in [0, 0.1) is 0 Å². The predicted octanol–water partition coefficient (Wildman–Crippen LogP) is 8.83.